The highest BCUT2D eigenvalue weighted by atomic mass is 35.5. The van der Waals surface area contributed by atoms with E-state index in [2.05, 4.69) is 10.1 Å². The quantitative estimate of drug-likeness (QED) is 0.733. The maximum absolute atomic E-state index is 5.66. The van der Waals surface area contributed by atoms with Crippen molar-refractivity contribution in [1.82, 2.24) is 14.6 Å². The van der Waals surface area contributed by atoms with Crippen LogP contribution in [0.4, 0.5) is 0 Å². The molecule has 0 fully saturated rings. The largest absolute Gasteiger partial charge is 0.378 e. The van der Waals surface area contributed by atoms with Crippen LogP contribution in [0, 0.1) is 0 Å². The van der Waals surface area contributed by atoms with Crippen molar-refractivity contribution in [2.24, 2.45) is 0 Å². The zero-order chi connectivity index (χ0) is 9.26. The topological polar surface area (TPSA) is 39.4 Å². The summed E-state index contributed by atoms with van der Waals surface area (Å²) in [5.41, 5.74) is 1.87. The minimum absolute atomic E-state index is 0.237. The molecule has 0 saturated heterocycles. The fourth-order valence-corrected chi connectivity index (χ4v) is 1.32. The van der Waals surface area contributed by atoms with E-state index >= 15 is 0 Å². The second kappa shape index (κ2) is 3.32. The van der Waals surface area contributed by atoms with Crippen molar-refractivity contribution in [1.29, 1.82) is 0 Å². The summed E-state index contributed by atoms with van der Waals surface area (Å²) in [5, 5.41) is 4.28. The Hall–Kier alpha value is -1.13. The van der Waals surface area contributed by atoms with Gasteiger partial charge >= 0.3 is 0 Å². The molecule has 13 heavy (non-hydrogen) atoms. The summed E-state index contributed by atoms with van der Waals surface area (Å²) in [6.07, 6.45) is 1.68. The predicted octanol–water partition coefficient (Wildman–Crippen LogP) is 1.53. The van der Waals surface area contributed by atoms with E-state index in [0.29, 0.717) is 6.61 Å². The number of halogens is 1. The molecule has 0 aromatic carbocycles. The lowest BCUT2D eigenvalue weighted by Gasteiger charge is -1.99. The van der Waals surface area contributed by atoms with Crippen molar-refractivity contribution in [2.75, 3.05) is 7.11 Å². The SMILES string of the molecule is COCc1ccc2cnc(Cl)nn12. The zero-order valence-electron chi connectivity index (χ0n) is 7.07. The Morgan fingerprint density at radius 1 is 1.54 bits per heavy atom. The Morgan fingerprint density at radius 3 is 3.15 bits per heavy atom. The van der Waals surface area contributed by atoms with Gasteiger partial charge in [-0.2, -0.15) is 0 Å². The molecule has 2 aromatic rings. The normalized spacial score (nSPS) is 10.9. The van der Waals surface area contributed by atoms with Gasteiger partial charge in [0.25, 0.3) is 0 Å². The lowest BCUT2D eigenvalue weighted by atomic mass is 10.4. The van der Waals surface area contributed by atoms with Crippen LogP contribution in [0.2, 0.25) is 5.28 Å². The third-order valence-electron chi connectivity index (χ3n) is 1.74. The number of aromatic nitrogens is 3. The van der Waals surface area contributed by atoms with E-state index in [9.17, 15) is 0 Å². The van der Waals surface area contributed by atoms with Gasteiger partial charge in [-0.15, -0.1) is 5.10 Å². The molecule has 2 aromatic heterocycles. The summed E-state index contributed by atoms with van der Waals surface area (Å²) in [5.74, 6) is 0. The molecule has 0 aliphatic heterocycles. The van der Waals surface area contributed by atoms with Gasteiger partial charge in [-0.3, -0.25) is 0 Å². The van der Waals surface area contributed by atoms with Crippen LogP contribution in [0.5, 0.6) is 0 Å². The summed E-state index contributed by atoms with van der Waals surface area (Å²) in [7, 11) is 1.64. The Labute approximate surface area is 80.1 Å². The number of nitrogens with zero attached hydrogens (tertiary/aromatic N) is 3. The minimum Gasteiger partial charge on any atom is -0.378 e. The van der Waals surface area contributed by atoms with Crippen LogP contribution in [-0.4, -0.2) is 21.7 Å². The highest BCUT2D eigenvalue weighted by Crippen LogP contribution is 2.09. The molecule has 2 heterocycles. The zero-order valence-corrected chi connectivity index (χ0v) is 7.82. The summed E-state index contributed by atoms with van der Waals surface area (Å²) in [6.45, 7) is 0.515. The van der Waals surface area contributed by atoms with Crippen molar-refractivity contribution >= 4 is 17.1 Å². The molecule has 0 amide bonds. The molecule has 0 bridgehead atoms. The number of methoxy groups -OCH3 is 1. The molecule has 0 atom stereocenters. The number of ether oxygens (including phenoxy) is 1. The van der Waals surface area contributed by atoms with Crippen LogP contribution in [0.1, 0.15) is 5.69 Å². The van der Waals surface area contributed by atoms with Gasteiger partial charge in [-0.25, -0.2) is 9.50 Å². The second-order valence-corrected chi connectivity index (χ2v) is 2.96. The highest BCUT2D eigenvalue weighted by Gasteiger charge is 2.02. The smallest absolute Gasteiger partial charge is 0.241 e. The monoisotopic (exact) mass is 197 g/mol. The van der Waals surface area contributed by atoms with Crippen molar-refractivity contribution in [3.8, 4) is 0 Å². The molecular formula is C8H8ClN3O. The molecule has 0 N–H and O–H groups in total. The second-order valence-electron chi connectivity index (χ2n) is 2.62. The molecule has 0 aliphatic carbocycles. The lowest BCUT2D eigenvalue weighted by molar-refractivity contribution is 0.180. The summed E-state index contributed by atoms with van der Waals surface area (Å²) < 4.78 is 6.73. The average molecular weight is 198 g/mol. The van der Waals surface area contributed by atoms with Gasteiger partial charge in [0.1, 0.15) is 0 Å². The van der Waals surface area contributed by atoms with Gasteiger partial charge in [0.15, 0.2) is 0 Å². The molecule has 0 aliphatic rings. The van der Waals surface area contributed by atoms with E-state index in [-0.39, 0.29) is 5.28 Å². The van der Waals surface area contributed by atoms with Crippen molar-refractivity contribution in [3.63, 3.8) is 0 Å². The van der Waals surface area contributed by atoms with Crippen molar-refractivity contribution in [3.05, 3.63) is 29.3 Å². The van der Waals surface area contributed by atoms with E-state index in [1.165, 1.54) is 0 Å². The Morgan fingerprint density at radius 2 is 2.38 bits per heavy atom. The van der Waals surface area contributed by atoms with E-state index in [1.54, 1.807) is 17.8 Å². The van der Waals surface area contributed by atoms with Crippen molar-refractivity contribution in [2.45, 2.75) is 6.61 Å². The Kier molecular flexibility index (Phi) is 2.16. The maximum Gasteiger partial charge on any atom is 0.241 e. The summed E-state index contributed by atoms with van der Waals surface area (Å²) in [4.78, 5) is 3.87. The molecule has 4 nitrogen and oxygen atoms in total. The average Bonchev–Trinajstić information content (AvgIpc) is 2.49. The Balaban J connectivity index is 2.58. The first-order chi connectivity index (χ1) is 6.31. The van der Waals surface area contributed by atoms with Gasteiger partial charge in [-0.05, 0) is 23.7 Å². The third-order valence-corrected chi connectivity index (χ3v) is 1.91. The maximum atomic E-state index is 5.66. The number of fused-ring (bicyclic) bond motifs is 1. The van der Waals surface area contributed by atoms with E-state index in [4.69, 9.17) is 16.3 Å². The highest BCUT2D eigenvalue weighted by molar-refractivity contribution is 6.28. The lowest BCUT2D eigenvalue weighted by Crippen LogP contribution is -1.99. The van der Waals surface area contributed by atoms with Crippen LogP contribution in [-0.2, 0) is 11.3 Å². The first kappa shape index (κ1) is 8.47. The van der Waals surface area contributed by atoms with Gasteiger partial charge in [0.05, 0.1) is 24.0 Å². The molecule has 0 spiro atoms. The van der Waals surface area contributed by atoms with Gasteiger partial charge in [0, 0.05) is 7.11 Å². The predicted molar refractivity (Wildman–Crippen MR) is 48.7 cm³/mol. The fraction of sp³-hybridized carbons (Fsp3) is 0.250. The molecule has 0 unspecified atom stereocenters. The van der Waals surface area contributed by atoms with Crippen LogP contribution < -0.4 is 0 Å². The first-order valence-corrected chi connectivity index (χ1v) is 4.17. The van der Waals surface area contributed by atoms with Gasteiger partial charge in [-0.1, -0.05) is 0 Å². The molecule has 0 radical (unpaired) electrons. The van der Waals surface area contributed by atoms with Crippen LogP contribution in [0.15, 0.2) is 18.3 Å². The number of hydrogen-bond acceptors (Lipinski definition) is 3. The van der Waals surface area contributed by atoms with Crippen LogP contribution in [0.3, 0.4) is 0 Å². The van der Waals surface area contributed by atoms with E-state index in [1.807, 2.05) is 12.1 Å². The van der Waals surface area contributed by atoms with E-state index in [0.717, 1.165) is 11.2 Å². The fourth-order valence-electron chi connectivity index (χ4n) is 1.19. The summed E-state index contributed by atoms with van der Waals surface area (Å²) >= 11 is 5.66. The van der Waals surface area contributed by atoms with Crippen molar-refractivity contribution < 1.29 is 4.74 Å². The number of hydrogen-bond donors (Lipinski definition) is 0. The molecule has 0 saturated carbocycles. The third kappa shape index (κ3) is 1.50. The molecule has 5 heteroatoms. The minimum atomic E-state index is 0.237. The van der Waals surface area contributed by atoms with Crippen LogP contribution in [0.25, 0.3) is 5.52 Å². The number of rotatable bonds is 2. The molecule has 2 rings (SSSR count). The standard InChI is InChI=1S/C8H8ClN3O/c1-13-5-7-3-2-6-4-10-8(9)11-12(6)7/h2-4H,5H2,1H3. The van der Waals surface area contributed by atoms with Crippen LogP contribution >= 0.6 is 11.6 Å². The molecular weight excluding hydrogens is 190 g/mol. The molecule has 68 valence electrons. The first-order valence-electron chi connectivity index (χ1n) is 3.79. The van der Waals surface area contributed by atoms with Gasteiger partial charge < -0.3 is 4.74 Å². The van der Waals surface area contributed by atoms with E-state index < -0.39 is 0 Å². The Bertz CT molecular complexity index is 426. The van der Waals surface area contributed by atoms with Gasteiger partial charge in [0.2, 0.25) is 5.28 Å². The summed E-state index contributed by atoms with van der Waals surface area (Å²) in [6, 6.07) is 3.86.